The number of hydrogen-bond donors (Lipinski definition) is 1. The van der Waals surface area contributed by atoms with Gasteiger partial charge in [0.1, 0.15) is 11.6 Å². The lowest BCUT2D eigenvalue weighted by Gasteiger charge is -2.07. The van der Waals surface area contributed by atoms with Gasteiger partial charge in [-0.2, -0.15) is 0 Å². The summed E-state index contributed by atoms with van der Waals surface area (Å²) in [5.41, 5.74) is 2.38. The Morgan fingerprint density at radius 3 is 2.71 bits per heavy atom. The Bertz CT molecular complexity index is 1190. The van der Waals surface area contributed by atoms with Crippen LogP contribution in [0.3, 0.4) is 0 Å². The van der Waals surface area contributed by atoms with Crippen LogP contribution in [-0.4, -0.2) is 27.2 Å². The smallest absolute Gasteiger partial charge is 0.335 e. The monoisotopic (exact) mass is 418 g/mol. The largest absolute Gasteiger partial charge is 0.494 e. The van der Waals surface area contributed by atoms with Crippen LogP contribution in [0.4, 0.5) is 0 Å². The average molecular weight is 418 g/mol. The van der Waals surface area contributed by atoms with Gasteiger partial charge in [0.25, 0.3) is 5.56 Å². The molecule has 160 valence electrons. The minimum Gasteiger partial charge on any atom is -0.494 e. The second kappa shape index (κ2) is 9.16. The summed E-state index contributed by atoms with van der Waals surface area (Å²) in [6, 6.07) is 12.4. The molecule has 2 heterocycles. The highest BCUT2D eigenvalue weighted by Gasteiger charge is 2.21. The fourth-order valence-corrected chi connectivity index (χ4v) is 3.87. The Hall–Kier alpha value is -3.41. The molecule has 0 bridgehead atoms. The summed E-state index contributed by atoms with van der Waals surface area (Å²) in [6.45, 7) is 3.49. The van der Waals surface area contributed by atoms with Crippen molar-refractivity contribution in [3.63, 3.8) is 0 Å². The molecule has 0 radical (unpaired) electrons. The fraction of sp³-hybridized carbons (Fsp3) is 0.320. The van der Waals surface area contributed by atoms with Gasteiger partial charge in [-0.1, -0.05) is 38.3 Å². The third-order valence-corrected chi connectivity index (χ3v) is 5.58. The number of carboxylic acids is 1. The third kappa shape index (κ3) is 4.53. The van der Waals surface area contributed by atoms with E-state index in [1.807, 2.05) is 30.3 Å². The standard InChI is InChI=1S/C25H26N2O4/c1-2-3-4-5-14-31-20-9-6-17(7-10-20)15-18-12-13-27-23(18)26-22-16-19(25(29)30)8-11-21(22)24(27)28/h6-11,15-16H,2-5,12-14H2,1H3,(H,29,30)/b18-15+. The lowest BCUT2D eigenvalue weighted by molar-refractivity contribution is 0.0697. The average Bonchev–Trinajstić information content (AvgIpc) is 3.17. The minimum atomic E-state index is -1.03. The molecule has 0 amide bonds. The first kappa shape index (κ1) is 20.8. The molecule has 3 aromatic rings. The van der Waals surface area contributed by atoms with E-state index >= 15 is 0 Å². The molecule has 0 fully saturated rings. The van der Waals surface area contributed by atoms with Gasteiger partial charge in [-0.25, -0.2) is 9.78 Å². The molecule has 2 aromatic carbocycles. The number of benzene rings is 2. The van der Waals surface area contributed by atoms with E-state index in [1.165, 1.54) is 31.4 Å². The van der Waals surface area contributed by atoms with Crippen LogP contribution in [0, 0.1) is 0 Å². The Kier molecular flexibility index (Phi) is 6.16. The highest BCUT2D eigenvalue weighted by molar-refractivity contribution is 5.93. The van der Waals surface area contributed by atoms with Crippen LogP contribution >= 0.6 is 0 Å². The van der Waals surface area contributed by atoms with Crippen LogP contribution in [0.1, 0.15) is 60.8 Å². The van der Waals surface area contributed by atoms with Crippen molar-refractivity contribution >= 4 is 28.5 Å². The highest BCUT2D eigenvalue weighted by atomic mass is 16.5. The number of ether oxygens (including phenoxy) is 1. The van der Waals surface area contributed by atoms with Gasteiger partial charge in [-0.3, -0.25) is 9.36 Å². The predicted molar refractivity (Wildman–Crippen MR) is 122 cm³/mol. The van der Waals surface area contributed by atoms with E-state index in [4.69, 9.17) is 4.74 Å². The predicted octanol–water partition coefficient (Wildman–Crippen LogP) is 5.00. The van der Waals surface area contributed by atoms with Gasteiger partial charge in [0.05, 0.1) is 23.1 Å². The van der Waals surface area contributed by atoms with Crippen LogP contribution in [0.15, 0.2) is 47.3 Å². The molecule has 0 atom stereocenters. The zero-order valence-corrected chi connectivity index (χ0v) is 17.6. The maximum absolute atomic E-state index is 12.8. The first-order valence-electron chi connectivity index (χ1n) is 10.8. The van der Waals surface area contributed by atoms with Crippen LogP contribution in [0.25, 0.3) is 22.6 Å². The number of carbonyl (C=O) groups is 1. The molecule has 0 aliphatic carbocycles. The van der Waals surface area contributed by atoms with E-state index < -0.39 is 5.97 Å². The number of rotatable bonds is 8. The quantitative estimate of drug-likeness (QED) is 0.521. The number of carboxylic acid groups (broad SMARTS) is 1. The van der Waals surface area contributed by atoms with Gasteiger partial charge in [0.2, 0.25) is 0 Å². The topological polar surface area (TPSA) is 81.4 Å². The maximum atomic E-state index is 12.8. The molecule has 0 spiro atoms. The van der Waals surface area contributed by atoms with Gasteiger partial charge < -0.3 is 9.84 Å². The van der Waals surface area contributed by atoms with Crippen molar-refractivity contribution in [2.24, 2.45) is 0 Å². The van der Waals surface area contributed by atoms with Crippen molar-refractivity contribution in [1.29, 1.82) is 0 Å². The number of allylic oxidation sites excluding steroid dienone is 1. The number of hydrogen-bond acceptors (Lipinski definition) is 4. The van der Waals surface area contributed by atoms with Crippen molar-refractivity contribution in [2.75, 3.05) is 6.61 Å². The van der Waals surface area contributed by atoms with Gasteiger partial charge in [0.15, 0.2) is 0 Å². The van der Waals surface area contributed by atoms with E-state index in [0.29, 0.717) is 29.7 Å². The van der Waals surface area contributed by atoms with Crippen molar-refractivity contribution < 1.29 is 14.6 Å². The Morgan fingerprint density at radius 2 is 1.97 bits per heavy atom. The van der Waals surface area contributed by atoms with E-state index in [9.17, 15) is 14.7 Å². The van der Waals surface area contributed by atoms with Gasteiger partial charge in [0, 0.05) is 6.54 Å². The van der Waals surface area contributed by atoms with Crippen molar-refractivity contribution in [2.45, 2.75) is 45.6 Å². The second-order valence-corrected chi connectivity index (χ2v) is 7.83. The van der Waals surface area contributed by atoms with E-state index in [-0.39, 0.29) is 11.1 Å². The van der Waals surface area contributed by atoms with Crippen molar-refractivity contribution in [3.05, 3.63) is 69.8 Å². The summed E-state index contributed by atoms with van der Waals surface area (Å²) in [5.74, 6) is 0.427. The Balaban J connectivity index is 1.56. The van der Waals surface area contributed by atoms with Crippen molar-refractivity contribution in [1.82, 2.24) is 9.55 Å². The normalized spacial score (nSPS) is 14.2. The summed E-state index contributed by atoms with van der Waals surface area (Å²) in [7, 11) is 0. The number of aromatic carboxylic acids is 1. The molecule has 4 rings (SSSR count). The summed E-state index contributed by atoms with van der Waals surface area (Å²) < 4.78 is 7.47. The second-order valence-electron chi connectivity index (χ2n) is 7.83. The number of aromatic nitrogens is 2. The highest BCUT2D eigenvalue weighted by Crippen LogP contribution is 2.28. The lowest BCUT2D eigenvalue weighted by Crippen LogP contribution is -2.20. The van der Waals surface area contributed by atoms with Crippen LogP contribution in [0.2, 0.25) is 0 Å². The molecule has 1 aromatic heterocycles. The molecule has 0 unspecified atom stereocenters. The summed E-state index contributed by atoms with van der Waals surface area (Å²) in [5, 5.41) is 9.68. The first-order chi connectivity index (χ1) is 15.1. The lowest BCUT2D eigenvalue weighted by atomic mass is 10.1. The zero-order chi connectivity index (χ0) is 21.8. The summed E-state index contributed by atoms with van der Waals surface area (Å²) in [6.07, 6.45) is 7.44. The van der Waals surface area contributed by atoms with E-state index in [0.717, 1.165) is 29.9 Å². The first-order valence-corrected chi connectivity index (χ1v) is 10.8. The van der Waals surface area contributed by atoms with Gasteiger partial charge in [-0.05, 0) is 60.4 Å². The SMILES string of the molecule is CCCCCCOc1ccc(/C=C2\CCn3c2nc2cc(C(=O)O)ccc2c3=O)cc1. The maximum Gasteiger partial charge on any atom is 0.335 e. The van der Waals surface area contributed by atoms with Crippen LogP contribution in [-0.2, 0) is 6.54 Å². The Morgan fingerprint density at radius 1 is 1.16 bits per heavy atom. The molecule has 1 N–H and O–H groups in total. The number of fused-ring (bicyclic) bond motifs is 2. The number of nitrogens with zero attached hydrogens (tertiary/aromatic N) is 2. The molecular formula is C25H26N2O4. The Labute approximate surface area is 180 Å². The summed E-state index contributed by atoms with van der Waals surface area (Å²) in [4.78, 5) is 28.7. The summed E-state index contributed by atoms with van der Waals surface area (Å²) >= 11 is 0. The molecule has 6 nitrogen and oxygen atoms in total. The van der Waals surface area contributed by atoms with Crippen LogP contribution < -0.4 is 10.3 Å². The van der Waals surface area contributed by atoms with E-state index in [2.05, 4.69) is 11.9 Å². The molecule has 6 heteroatoms. The molecular weight excluding hydrogens is 392 g/mol. The molecule has 1 aliphatic rings. The zero-order valence-electron chi connectivity index (χ0n) is 17.6. The van der Waals surface area contributed by atoms with E-state index in [1.54, 1.807) is 10.6 Å². The fourth-order valence-electron chi connectivity index (χ4n) is 3.87. The number of unbranched alkanes of at least 4 members (excludes halogenated alkanes) is 3. The van der Waals surface area contributed by atoms with Gasteiger partial charge in [-0.15, -0.1) is 0 Å². The molecule has 31 heavy (non-hydrogen) atoms. The molecule has 0 saturated heterocycles. The third-order valence-electron chi connectivity index (χ3n) is 5.58. The minimum absolute atomic E-state index is 0.123. The van der Waals surface area contributed by atoms with Crippen LogP contribution in [0.5, 0.6) is 5.75 Å². The molecule has 1 aliphatic heterocycles. The van der Waals surface area contributed by atoms with Crippen molar-refractivity contribution in [3.8, 4) is 5.75 Å². The molecule has 0 saturated carbocycles. The van der Waals surface area contributed by atoms with Gasteiger partial charge >= 0.3 is 5.97 Å².